The van der Waals surface area contributed by atoms with Gasteiger partial charge in [0.2, 0.25) is 0 Å². The van der Waals surface area contributed by atoms with E-state index >= 15 is 0 Å². The van der Waals surface area contributed by atoms with Crippen molar-refractivity contribution in [2.45, 2.75) is 45.3 Å². The summed E-state index contributed by atoms with van der Waals surface area (Å²) >= 11 is 0. The first kappa shape index (κ1) is 11.3. The molecule has 0 bridgehead atoms. The average Bonchev–Trinajstić information content (AvgIpc) is 2.78. The summed E-state index contributed by atoms with van der Waals surface area (Å²) < 4.78 is 11.1. The van der Waals surface area contributed by atoms with Crippen LogP contribution in [0.2, 0.25) is 0 Å². The van der Waals surface area contributed by atoms with Crippen LogP contribution in [0, 0.1) is 11.3 Å². The van der Waals surface area contributed by atoms with Crippen LogP contribution in [0.1, 0.15) is 33.1 Å². The third-order valence-corrected chi connectivity index (χ3v) is 5.40. The maximum absolute atomic E-state index is 12.1. The summed E-state index contributed by atoms with van der Waals surface area (Å²) in [6.07, 6.45) is 4.30. The molecule has 0 amide bonds. The Labute approximate surface area is 111 Å². The summed E-state index contributed by atoms with van der Waals surface area (Å²) in [6, 6.07) is 0. The first-order valence-electron chi connectivity index (χ1n) is 6.86. The number of carbonyl (C=O) groups excluding carboxylic acids is 2. The average molecular weight is 260 g/mol. The smallest absolute Gasteiger partial charge is 0.335 e. The summed E-state index contributed by atoms with van der Waals surface area (Å²) in [7, 11) is 0. The van der Waals surface area contributed by atoms with Crippen molar-refractivity contribution >= 4 is 11.9 Å². The number of hydrogen-bond acceptors (Lipinski definition) is 4. The molecule has 0 spiro atoms. The van der Waals surface area contributed by atoms with Crippen LogP contribution in [0.3, 0.4) is 0 Å². The molecule has 4 aliphatic rings. The maximum Gasteiger partial charge on any atom is 0.335 e. The number of ether oxygens (including phenoxy) is 2. The number of rotatable bonds is 0. The van der Waals surface area contributed by atoms with E-state index in [0.29, 0.717) is 11.5 Å². The molecule has 2 fully saturated rings. The molecule has 19 heavy (non-hydrogen) atoms. The molecule has 0 radical (unpaired) electrons. The van der Waals surface area contributed by atoms with E-state index in [1.807, 2.05) is 6.08 Å². The van der Waals surface area contributed by atoms with Gasteiger partial charge in [-0.2, -0.15) is 0 Å². The molecule has 0 aromatic carbocycles. The van der Waals surface area contributed by atoms with Crippen LogP contribution >= 0.6 is 0 Å². The molecule has 4 atom stereocenters. The summed E-state index contributed by atoms with van der Waals surface area (Å²) in [6.45, 7) is 3.89. The summed E-state index contributed by atoms with van der Waals surface area (Å²) in [5.41, 5.74) is 2.08. The molecular formula is C15H16O4. The Kier molecular flexibility index (Phi) is 1.95. The van der Waals surface area contributed by atoms with Gasteiger partial charge in [0.15, 0.2) is 0 Å². The lowest BCUT2D eigenvalue weighted by Crippen LogP contribution is -2.47. The Morgan fingerprint density at radius 3 is 2.84 bits per heavy atom. The third-order valence-electron chi connectivity index (χ3n) is 5.40. The van der Waals surface area contributed by atoms with Crippen LogP contribution in [0.5, 0.6) is 0 Å². The van der Waals surface area contributed by atoms with Gasteiger partial charge in [-0.25, -0.2) is 9.59 Å². The number of esters is 2. The predicted octanol–water partition coefficient (Wildman–Crippen LogP) is 1.90. The second-order valence-electron chi connectivity index (χ2n) is 6.17. The Bertz CT molecular complexity index is 571. The first-order chi connectivity index (χ1) is 9.03. The zero-order valence-corrected chi connectivity index (χ0v) is 11.1. The van der Waals surface area contributed by atoms with Gasteiger partial charge in [-0.15, -0.1) is 0 Å². The standard InChI is InChI=1S/C15H16O4/c1-7-11-10(18-13(7)16)6-8-4-3-5-9-14(17)19-12(11)15(8,9)2/h5,8,10,12H,3-4,6H2,1-2H3/t8-,10+,12+,15+/m1/s1. The Morgan fingerprint density at radius 2 is 2.05 bits per heavy atom. The summed E-state index contributed by atoms with van der Waals surface area (Å²) in [5.74, 6) is -0.107. The normalized spacial score (nSPS) is 43.5. The van der Waals surface area contributed by atoms with E-state index in [-0.39, 0.29) is 29.6 Å². The van der Waals surface area contributed by atoms with E-state index in [1.54, 1.807) is 6.92 Å². The number of fused-ring (bicyclic) bond motifs is 2. The molecule has 0 aromatic rings. The van der Waals surface area contributed by atoms with E-state index in [1.165, 1.54) is 0 Å². The van der Waals surface area contributed by atoms with Gasteiger partial charge in [-0.1, -0.05) is 13.0 Å². The van der Waals surface area contributed by atoms with E-state index in [9.17, 15) is 9.59 Å². The molecule has 4 heteroatoms. The van der Waals surface area contributed by atoms with Crippen molar-refractivity contribution in [2.75, 3.05) is 0 Å². The zero-order chi connectivity index (χ0) is 13.4. The summed E-state index contributed by atoms with van der Waals surface area (Å²) in [4.78, 5) is 23.9. The molecule has 2 heterocycles. The highest BCUT2D eigenvalue weighted by Gasteiger charge is 2.62. The van der Waals surface area contributed by atoms with Crippen LogP contribution < -0.4 is 0 Å². The van der Waals surface area contributed by atoms with Gasteiger partial charge in [-0.05, 0) is 32.1 Å². The fourth-order valence-electron chi connectivity index (χ4n) is 4.31. The molecule has 0 aromatic heterocycles. The highest BCUT2D eigenvalue weighted by Crippen LogP contribution is 2.59. The molecule has 4 rings (SSSR count). The van der Waals surface area contributed by atoms with Crippen LogP contribution in [-0.2, 0) is 19.1 Å². The quantitative estimate of drug-likeness (QED) is 0.624. The topological polar surface area (TPSA) is 52.6 Å². The highest BCUT2D eigenvalue weighted by atomic mass is 16.6. The van der Waals surface area contributed by atoms with E-state index in [2.05, 4.69) is 6.92 Å². The van der Waals surface area contributed by atoms with Crippen LogP contribution in [0.25, 0.3) is 0 Å². The van der Waals surface area contributed by atoms with E-state index in [0.717, 1.165) is 30.4 Å². The van der Waals surface area contributed by atoms with Gasteiger partial charge in [0.25, 0.3) is 0 Å². The third kappa shape index (κ3) is 1.15. The Hall–Kier alpha value is -1.58. The second kappa shape index (κ2) is 3.30. The summed E-state index contributed by atoms with van der Waals surface area (Å²) in [5, 5.41) is 0. The van der Waals surface area contributed by atoms with Gasteiger partial charge < -0.3 is 9.47 Å². The first-order valence-corrected chi connectivity index (χ1v) is 6.86. The lowest BCUT2D eigenvalue weighted by atomic mass is 9.57. The Morgan fingerprint density at radius 1 is 1.26 bits per heavy atom. The fraction of sp³-hybridized carbons (Fsp3) is 0.600. The van der Waals surface area contributed by atoms with Crippen LogP contribution in [-0.4, -0.2) is 24.1 Å². The van der Waals surface area contributed by atoms with Gasteiger partial charge >= 0.3 is 11.9 Å². The van der Waals surface area contributed by atoms with E-state index < -0.39 is 0 Å². The van der Waals surface area contributed by atoms with Crippen molar-refractivity contribution in [1.29, 1.82) is 0 Å². The van der Waals surface area contributed by atoms with Gasteiger partial charge in [0.05, 0.1) is 0 Å². The number of hydrogen-bond donors (Lipinski definition) is 0. The van der Waals surface area contributed by atoms with Gasteiger partial charge in [-0.3, -0.25) is 0 Å². The lowest BCUT2D eigenvalue weighted by Gasteiger charge is -2.46. The van der Waals surface area contributed by atoms with Crippen molar-refractivity contribution in [2.24, 2.45) is 11.3 Å². The molecule has 0 N–H and O–H groups in total. The molecule has 100 valence electrons. The lowest BCUT2D eigenvalue weighted by molar-refractivity contribution is -0.143. The van der Waals surface area contributed by atoms with Crippen molar-refractivity contribution in [1.82, 2.24) is 0 Å². The van der Waals surface area contributed by atoms with Crippen molar-refractivity contribution in [3.8, 4) is 0 Å². The number of carbonyl (C=O) groups is 2. The Balaban J connectivity index is 1.92. The van der Waals surface area contributed by atoms with E-state index in [4.69, 9.17) is 9.47 Å². The molecule has 2 aliphatic heterocycles. The van der Waals surface area contributed by atoms with Crippen LogP contribution in [0.15, 0.2) is 22.8 Å². The van der Waals surface area contributed by atoms with Crippen molar-refractivity contribution < 1.29 is 19.1 Å². The minimum atomic E-state index is -0.304. The predicted molar refractivity (Wildman–Crippen MR) is 66.0 cm³/mol. The largest absolute Gasteiger partial charge is 0.454 e. The molecule has 4 nitrogen and oxygen atoms in total. The highest BCUT2D eigenvalue weighted by molar-refractivity contribution is 5.96. The van der Waals surface area contributed by atoms with Crippen molar-refractivity contribution in [3.63, 3.8) is 0 Å². The molecule has 2 aliphatic carbocycles. The SMILES string of the molecule is CC1=C2[C@H](C[C@H]3CCC=C4C(=O)O[C@@H]2[C@]43C)OC1=O. The molecule has 0 unspecified atom stereocenters. The van der Waals surface area contributed by atoms with Crippen LogP contribution in [0.4, 0.5) is 0 Å². The maximum atomic E-state index is 12.1. The molecule has 1 saturated heterocycles. The van der Waals surface area contributed by atoms with Crippen molar-refractivity contribution in [3.05, 3.63) is 22.8 Å². The fourth-order valence-corrected chi connectivity index (χ4v) is 4.31. The monoisotopic (exact) mass is 260 g/mol. The van der Waals surface area contributed by atoms with Gasteiger partial charge in [0.1, 0.15) is 12.2 Å². The molecule has 1 saturated carbocycles. The molecular weight excluding hydrogens is 244 g/mol. The van der Waals surface area contributed by atoms with Gasteiger partial charge in [0, 0.05) is 22.1 Å². The zero-order valence-electron chi connectivity index (χ0n) is 11.1. The second-order valence-corrected chi connectivity index (χ2v) is 6.17. The number of allylic oxidation sites excluding steroid dienone is 1. The minimum absolute atomic E-state index is 0.180. The minimum Gasteiger partial charge on any atom is -0.454 e.